The number of carbonyl (C=O) groups excluding carboxylic acids is 1. The lowest BCUT2D eigenvalue weighted by Gasteiger charge is -2.27. The van der Waals surface area contributed by atoms with Crippen molar-refractivity contribution in [2.24, 2.45) is 5.92 Å². The number of carbonyl (C=O) groups is 1. The summed E-state index contributed by atoms with van der Waals surface area (Å²) in [5.74, 6) is 0.237. The molecule has 1 N–H and O–H groups in total. The average Bonchev–Trinajstić information content (AvgIpc) is 2.61. The van der Waals surface area contributed by atoms with Crippen LogP contribution in [0.1, 0.15) is 20.8 Å². The molecule has 2 aromatic rings. The smallest absolute Gasteiger partial charge is 0.231 e. The highest BCUT2D eigenvalue weighted by Gasteiger charge is 2.29. The summed E-state index contributed by atoms with van der Waals surface area (Å²) in [6, 6.07) is 20.5. The van der Waals surface area contributed by atoms with Crippen molar-refractivity contribution in [1.82, 2.24) is 5.32 Å². The number of amides is 1. The molecule has 0 radical (unpaired) electrons. The highest BCUT2D eigenvalue weighted by molar-refractivity contribution is 8.00. The second-order valence-corrected chi connectivity index (χ2v) is 7.24. The predicted molar refractivity (Wildman–Crippen MR) is 99.6 cm³/mol. The maximum absolute atomic E-state index is 12.1. The van der Waals surface area contributed by atoms with E-state index in [2.05, 4.69) is 35.7 Å². The SMILES string of the molecule is CC(C)C(C)(C#N)NC(=O)CSc1ccc(-c2ccccc2)cc1. The first-order chi connectivity index (χ1) is 11.4. The molecule has 0 aliphatic rings. The van der Waals surface area contributed by atoms with Crippen molar-refractivity contribution in [1.29, 1.82) is 5.26 Å². The summed E-state index contributed by atoms with van der Waals surface area (Å²) in [4.78, 5) is 13.1. The van der Waals surface area contributed by atoms with Crippen LogP contribution in [0.4, 0.5) is 0 Å². The molecule has 0 aliphatic heterocycles. The summed E-state index contributed by atoms with van der Waals surface area (Å²) in [5.41, 5.74) is 1.50. The molecule has 124 valence electrons. The van der Waals surface area contributed by atoms with Crippen LogP contribution in [0.25, 0.3) is 11.1 Å². The molecule has 24 heavy (non-hydrogen) atoms. The van der Waals surface area contributed by atoms with Crippen LogP contribution in [0.3, 0.4) is 0 Å². The number of nitriles is 1. The lowest BCUT2D eigenvalue weighted by Crippen LogP contribution is -2.49. The highest BCUT2D eigenvalue weighted by atomic mass is 32.2. The Hall–Kier alpha value is -2.25. The van der Waals surface area contributed by atoms with Crippen LogP contribution >= 0.6 is 11.8 Å². The van der Waals surface area contributed by atoms with Gasteiger partial charge in [-0.2, -0.15) is 5.26 Å². The topological polar surface area (TPSA) is 52.9 Å². The minimum Gasteiger partial charge on any atom is -0.337 e. The fraction of sp³-hybridized carbons (Fsp3) is 0.300. The zero-order valence-corrected chi connectivity index (χ0v) is 15.1. The Morgan fingerprint density at radius 1 is 1.12 bits per heavy atom. The average molecular weight is 338 g/mol. The van der Waals surface area contributed by atoms with Crippen LogP contribution in [0, 0.1) is 17.2 Å². The summed E-state index contributed by atoms with van der Waals surface area (Å²) in [6.45, 7) is 5.62. The Morgan fingerprint density at radius 3 is 2.25 bits per heavy atom. The predicted octanol–water partition coefficient (Wildman–Crippen LogP) is 4.50. The Bertz CT molecular complexity index is 720. The third-order valence-corrected chi connectivity index (χ3v) is 5.13. The second kappa shape index (κ2) is 8.03. The largest absolute Gasteiger partial charge is 0.337 e. The molecule has 0 saturated carbocycles. The van der Waals surface area contributed by atoms with E-state index >= 15 is 0 Å². The quantitative estimate of drug-likeness (QED) is 0.789. The Balaban J connectivity index is 1.93. The van der Waals surface area contributed by atoms with E-state index in [0.29, 0.717) is 5.75 Å². The monoisotopic (exact) mass is 338 g/mol. The molecule has 2 rings (SSSR count). The number of benzene rings is 2. The van der Waals surface area contributed by atoms with Gasteiger partial charge in [0.1, 0.15) is 5.54 Å². The molecule has 0 spiro atoms. The summed E-state index contributed by atoms with van der Waals surface area (Å²) in [6.07, 6.45) is 0. The van der Waals surface area contributed by atoms with Crippen molar-refractivity contribution in [2.75, 3.05) is 5.75 Å². The molecule has 0 aromatic heterocycles. The summed E-state index contributed by atoms with van der Waals surface area (Å²) in [5, 5.41) is 12.1. The summed E-state index contributed by atoms with van der Waals surface area (Å²) in [7, 11) is 0. The molecule has 2 aromatic carbocycles. The molecule has 0 saturated heterocycles. The van der Waals surface area contributed by atoms with E-state index in [9.17, 15) is 10.1 Å². The molecule has 1 amide bonds. The Kier molecular flexibility index (Phi) is 6.05. The van der Waals surface area contributed by atoms with E-state index in [1.54, 1.807) is 6.92 Å². The van der Waals surface area contributed by atoms with Gasteiger partial charge >= 0.3 is 0 Å². The van der Waals surface area contributed by atoms with E-state index in [0.717, 1.165) is 10.5 Å². The molecular formula is C20H22N2OS. The molecule has 1 atom stereocenters. The summed E-state index contributed by atoms with van der Waals surface area (Å²) >= 11 is 1.47. The van der Waals surface area contributed by atoms with Crippen LogP contribution in [0.15, 0.2) is 59.5 Å². The van der Waals surface area contributed by atoms with Gasteiger partial charge in [0, 0.05) is 4.90 Å². The van der Waals surface area contributed by atoms with Gasteiger partial charge in [-0.3, -0.25) is 4.79 Å². The Morgan fingerprint density at radius 2 is 1.71 bits per heavy atom. The van der Waals surface area contributed by atoms with Crippen LogP contribution in [0.2, 0.25) is 0 Å². The van der Waals surface area contributed by atoms with Crippen molar-refractivity contribution in [3.63, 3.8) is 0 Å². The molecule has 4 heteroatoms. The van der Waals surface area contributed by atoms with E-state index < -0.39 is 5.54 Å². The molecule has 0 heterocycles. The first-order valence-corrected chi connectivity index (χ1v) is 8.94. The fourth-order valence-corrected chi connectivity index (χ4v) is 2.85. The zero-order chi connectivity index (χ0) is 17.6. The van der Waals surface area contributed by atoms with E-state index in [-0.39, 0.29) is 11.8 Å². The third-order valence-electron chi connectivity index (χ3n) is 4.12. The molecule has 3 nitrogen and oxygen atoms in total. The normalized spacial score (nSPS) is 13.1. The zero-order valence-electron chi connectivity index (χ0n) is 14.2. The van der Waals surface area contributed by atoms with Crippen LogP contribution < -0.4 is 5.32 Å². The number of thioether (sulfide) groups is 1. The number of nitrogens with one attached hydrogen (secondary N) is 1. The third kappa shape index (κ3) is 4.62. The number of hydrogen-bond acceptors (Lipinski definition) is 3. The van der Waals surface area contributed by atoms with Crippen LogP contribution in [-0.4, -0.2) is 17.2 Å². The van der Waals surface area contributed by atoms with Crippen LogP contribution in [-0.2, 0) is 4.79 Å². The van der Waals surface area contributed by atoms with Gasteiger partial charge in [0.2, 0.25) is 5.91 Å². The molecule has 0 bridgehead atoms. The van der Waals surface area contributed by atoms with E-state index in [1.165, 1.54) is 17.3 Å². The van der Waals surface area contributed by atoms with Gasteiger partial charge in [0.25, 0.3) is 0 Å². The van der Waals surface area contributed by atoms with E-state index in [1.807, 2.05) is 44.2 Å². The standard InChI is InChI=1S/C20H22N2OS/c1-15(2)20(3,14-21)22-19(23)13-24-18-11-9-17(10-12-18)16-7-5-4-6-8-16/h4-12,15H,13H2,1-3H3,(H,22,23). The van der Waals surface area contributed by atoms with Gasteiger partial charge in [0.15, 0.2) is 0 Å². The van der Waals surface area contributed by atoms with Crippen molar-refractivity contribution in [3.05, 3.63) is 54.6 Å². The maximum atomic E-state index is 12.1. The lowest BCUT2D eigenvalue weighted by molar-refractivity contribution is -0.120. The maximum Gasteiger partial charge on any atom is 0.231 e. The highest BCUT2D eigenvalue weighted by Crippen LogP contribution is 2.24. The van der Waals surface area contributed by atoms with Gasteiger partial charge in [0.05, 0.1) is 11.8 Å². The van der Waals surface area contributed by atoms with Crippen molar-refractivity contribution >= 4 is 17.7 Å². The molecular weight excluding hydrogens is 316 g/mol. The van der Waals surface area contributed by atoms with Crippen molar-refractivity contribution in [2.45, 2.75) is 31.2 Å². The summed E-state index contributed by atoms with van der Waals surface area (Å²) < 4.78 is 0. The van der Waals surface area contributed by atoms with Crippen LogP contribution in [0.5, 0.6) is 0 Å². The second-order valence-electron chi connectivity index (χ2n) is 6.20. The Labute approximate surface area is 148 Å². The van der Waals surface area contributed by atoms with Crippen molar-refractivity contribution < 1.29 is 4.79 Å². The fourth-order valence-electron chi connectivity index (χ4n) is 2.15. The first kappa shape index (κ1) is 18.1. The number of hydrogen-bond donors (Lipinski definition) is 1. The van der Waals surface area contributed by atoms with Gasteiger partial charge in [-0.25, -0.2) is 0 Å². The van der Waals surface area contributed by atoms with Gasteiger partial charge in [-0.1, -0.05) is 56.3 Å². The molecule has 0 fully saturated rings. The van der Waals surface area contributed by atoms with Gasteiger partial charge in [-0.15, -0.1) is 11.8 Å². The lowest BCUT2D eigenvalue weighted by atomic mass is 9.90. The first-order valence-electron chi connectivity index (χ1n) is 7.95. The van der Waals surface area contributed by atoms with Crippen molar-refractivity contribution in [3.8, 4) is 17.2 Å². The van der Waals surface area contributed by atoms with Gasteiger partial charge < -0.3 is 5.32 Å². The minimum atomic E-state index is -0.825. The minimum absolute atomic E-state index is 0.0570. The molecule has 1 unspecified atom stereocenters. The van der Waals surface area contributed by atoms with Gasteiger partial charge in [-0.05, 0) is 36.1 Å². The molecule has 0 aliphatic carbocycles. The number of nitrogens with zero attached hydrogens (tertiary/aromatic N) is 1. The van der Waals surface area contributed by atoms with E-state index in [4.69, 9.17) is 0 Å². The number of rotatable bonds is 6.